The zero-order chi connectivity index (χ0) is 20.5. The minimum atomic E-state index is -1.96. The van der Waals surface area contributed by atoms with E-state index < -0.39 is 58.1 Å². The van der Waals surface area contributed by atoms with Gasteiger partial charge in [-0.1, -0.05) is 26.0 Å². The molecule has 2 aliphatic rings. The smallest absolute Gasteiger partial charge is 0.201 e. The number of rotatable bonds is 1. The Kier molecular flexibility index (Phi) is 3.61. The van der Waals surface area contributed by atoms with E-state index in [0.717, 1.165) is 6.07 Å². The molecule has 0 aliphatic heterocycles. The first-order chi connectivity index (χ1) is 13.1. The van der Waals surface area contributed by atoms with Crippen molar-refractivity contribution in [3.63, 3.8) is 0 Å². The lowest BCUT2D eigenvalue weighted by atomic mass is 9.69. The molecule has 3 N–H and O–H groups in total. The Bertz CT molecular complexity index is 1130. The van der Waals surface area contributed by atoms with Gasteiger partial charge >= 0.3 is 0 Å². The molecule has 2 aliphatic carbocycles. The molecule has 0 aromatic heterocycles. The minimum absolute atomic E-state index is 0.116. The van der Waals surface area contributed by atoms with E-state index in [1.807, 2.05) is 0 Å². The van der Waals surface area contributed by atoms with Crippen molar-refractivity contribution in [3.8, 4) is 11.5 Å². The number of aliphatic hydroxyl groups is 1. The van der Waals surface area contributed by atoms with Crippen molar-refractivity contribution in [1.29, 1.82) is 0 Å². The summed E-state index contributed by atoms with van der Waals surface area (Å²) in [5.74, 6) is -4.66. The van der Waals surface area contributed by atoms with Crippen molar-refractivity contribution in [2.75, 3.05) is 0 Å². The van der Waals surface area contributed by atoms with E-state index in [9.17, 15) is 34.5 Å². The van der Waals surface area contributed by atoms with Crippen molar-refractivity contribution in [3.05, 3.63) is 57.6 Å². The Morgan fingerprint density at radius 1 is 0.857 bits per heavy atom. The molecule has 0 saturated carbocycles. The Morgan fingerprint density at radius 2 is 1.54 bits per heavy atom. The quantitative estimate of drug-likeness (QED) is 0.589. The first-order valence-corrected chi connectivity index (χ1v) is 8.71. The monoisotopic (exact) mass is 380 g/mol. The van der Waals surface area contributed by atoms with Crippen LogP contribution in [0.5, 0.6) is 11.5 Å². The molecule has 7 heteroatoms. The number of hydrogen-bond donors (Lipinski definition) is 3. The summed E-state index contributed by atoms with van der Waals surface area (Å²) >= 11 is 0. The molecule has 2 aromatic rings. The molecule has 0 saturated heterocycles. The van der Waals surface area contributed by atoms with Crippen LogP contribution in [0.25, 0.3) is 0 Å². The lowest BCUT2D eigenvalue weighted by Crippen LogP contribution is -2.49. The summed E-state index contributed by atoms with van der Waals surface area (Å²) in [4.78, 5) is 51.7. The first kappa shape index (κ1) is 18.1. The second-order valence-corrected chi connectivity index (χ2v) is 7.43. The summed E-state index contributed by atoms with van der Waals surface area (Å²) in [5.41, 5.74) is -3.67. The largest absolute Gasteiger partial charge is 0.507 e. The topological polar surface area (TPSA) is 129 Å². The third-order valence-electron chi connectivity index (χ3n) is 5.58. The van der Waals surface area contributed by atoms with Gasteiger partial charge in [0.1, 0.15) is 17.1 Å². The molecular formula is C21H16O7. The van der Waals surface area contributed by atoms with E-state index in [2.05, 4.69) is 0 Å². The molecule has 142 valence electrons. The molecule has 0 spiro atoms. The van der Waals surface area contributed by atoms with E-state index in [4.69, 9.17) is 0 Å². The average molecular weight is 380 g/mol. The van der Waals surface area contributed by atoms with Gasteiger partial charge < -0.3 is 15.3 Å². The standard InChI is InChI=1S/C21H16O7/c1-8(2)21(28)7-13(24)14-10(20(21)27)6-12(23)16-17(14)18(25)9-4-3-5-11(22)15(9)19(16)26/h3-6,8,22-23,28H,7H2,1-2H3. The normalized spacial score (nSPS) is 20.9. The first-order valence-electron chi connectivity index (χ1n) is 8.71. The Labute approximate surface area is 159 Å². The van der Waals surface area contributed by atoms with Gasteiger partial charge in [0.15, 0.2) is 17.3 Å². The van der Waals surface area contributed by atoms with Crippen LogP contribution in [0.15, 0.2) is 24.3 Å². The van der Waals surface area contributed by atoms with Crippen LogP contribution in [0.4, 0.5) is 0 Å². The number of phenolic OH excluding ortho intramolecular Hbond substituents is 2. The molecule has 2 aromatic carbocycles. The molecular weight excluding hydrogens is 364 g/mol. The number of benzene rings is 2. The van der Waals surface area contributed by atoms with Gasteiger partial charge in [-0.25, -0.2) is 0 Å². The Balaban J connectivity index is 2.07. The van der Waals surface area contributed by atoms with Crippen LogP contribution < -0.4 is 0 Å². The van der Waals surface area contributed by atoms with Gasteiger partial charge in [0.25, 0.3) is 0 Å². The second-order valence-electron chi connectivity index (χ2n) is 7.43. The fourth-order valence-electron chi connectivity index (χ4n) is 3.94. The molecule has 1 atom stereocenters. The molecule has 4 rings (SSSR count). The highest BCUT2D eigenvalue weighted by Crippen LogP contribution is 2.43. The van der Waals surface area contributed by atoms with Crippen molar-refractivity contribution >= 4 is 23.1 Å². The number of aromatic hydroxyl groups is 2. The van der Waals surface area contributed by atoms with Crippen LogP contribution >= 0.6 is 0 Å². The molecule has 0 amide bonds. The van der Waals surface area contributed by atoms with Gasteiger partial charge in [0.05, 0.1) is 11.1 Å². The van der Waals surface area contributed by atoms with Gasteiger partial charge in [-0.15, -0.1) is 0 Å². The third kappa shape index (κ3) is 2.07. The predicted octanol–water partition coefficient (Wildman–Crippen LogP) is 2.03. The van der Waals surface area contributed by atoms with Gasteiger partial charge in [-0.3, -0.25) is 19.2 Å². The molecule has 0 radical (unpaired) electrons. The lowest BCUT2D eigenvalue weighted by molar-refractivity contribution is 0.000492. The number of carbonyl (C=O) groups excluding carboxylic acids is 4. The Hall–Kier alpha value is -3.32. The van der Waals surface area contributed by atoms with Gasteiger partial charge in [-0.2, -0.15) is 0 Å². The average Bonchev–Trinajstić information content (AvgIpc) is 2.63. The number of fused-ring (bicyclic) bond motifs is 4. The summed E-state index contributed by atoms with van der Waals surface area (Å²) in [5, 5.41) is 31.1. The minimum Gasteiger partial charge on any atom is -0.507 e. The van der Waals surface area contributed by atoms with Crippen molar-refractivity contribution < 1.29 is 34.5 Å². The maximum absolute atomic E-state index is 13.1. The zero-order valence-electron chi connectivity index (χ0n) is 15.1. The highest BCUT2D eigenvalue weighted by molar-refractivity contribution is 6.34. The SMILES string of the molecule is CC(C)C1(O)CC(=O)c2c(cc(O)c3c2C(=O)c2cccc(O)c2C3=O)C1=O. The molecule has 0 heterocycles. The van der Waals surface area contributed by atoms with Crippen LogP contribution in [0.1, 0.15) is 72.8 Å². The van der Waals surface area contributed by atoms with E-state index in [0.29, 0.717) is 0 Å². The maximum Gasteiger partial charge on any atom is 0.201 e. The van der Waals surface area contributed by atoms with Crippen LogP contribution in [0.2, 0.25) is 0 Å². The number of Topliss-reactive ketones (excluding diaryl/α,β-unsaturated/α-hetero) is 2. The number of carbonyl (C=O) groups is 4. The van der Waals surface area contributed by atoms with Crippen molar-refractivity contribution in [2.45, 2.75) is 25.9 Å². The van der Waals surface area contributed by atoms with Crippen LogP contribution in [-0.4, -0.2) is 44.1 Å². The molecule has 0 bridgehead atoms. The molecule has 7 nitrogen and oxygen atoms in total. The number of hydrogen-bond acceptors (Lipinski definition) is 7. The van der Waals surface area contributed by atoms with Crippen LogP contribution in [0, 0.1) is 5.92 Å². The van der Waals surface area contributed by atoms with Crippen molar-refractivity contribution in [2.24, 2.45) is 5.92 Å². The summed E-state index contributed by atoms with van der Waals surface area (Å²) < 4.78 is 0. The fraction of sp³-hybridized carbons (Fsp3) is 0.238. The number of ketones is 4. The summed E-state index contributed by atoms with van der Waals surface area (Å²) in [6, 6.07) is 4.89. The fourth-order valence-corrected chi connectivity index (χ4v) is 3.94. The maximum atomic E-state index is 13.1. The van der Waals surface area contributed by atoms with E-state index >= 15 is 0 Å². The van der Waals surface area contributed by atoms with Crippen LogP contribution in [0.3, 0.4) is 0 Å². The molecule has 0 fully saturated rings. The lowest BCUT2D eigenvalue weighted by Gasteiger charge is -2.35. The van der Waals surface area contributed by atoms with Gasteiger partial charge in [-0.05, 0) is 18.1 Å². The van der Waals surface area contributed by atoms with E-state index in [1.54, 1.807) is 13.8 Å². The zero-order valence-corrected chi connectivity index (χ0v) is 15.1. The van der Waals surface area contributed by atoms with E-state index in [1.165, 1.54) is 18.2 Å². The summed E-state index contributed by atoms with van der Waals surface area (Å²) in [7, 11) is 0. The third-order valence-corrected chi connectivity index (χ3v) is 5.58. The molecule has 1 unspecified atom stereocenters. The summed E-state index contributed by atoms with van der Waals surface area (Å²) in [6.07, 6.45) is -0.526. The van der Waals surface area contributed by atoms with Crippen molar-refractivity contribution in [1.82, 2.24) is 0 Å². The highest BCUT2D eigenvalue weighted by atomic mass is 16.3. The van der Waals surface area contributed by atoms with Gasteiger partial charge in [0.2, 0.25) is 5.78 Å². The van der Waals surface area contributed by atoms with Crippen LogP contribution in [-0.2, 0) is 0 Å². The Morgan fingerprint density at radius 3 is 2.18 bits per heavy atom. The predicted molar refractivity (Wildman–Crippen MR) is 96.1 cm³/mol. The van der Waals surface area contributed by atoms with E-state index in [-0.39, 0.29) is 27.8 Å². The summed E-state index contributed by atoms with van der Waals surface area (Å²) in [6.45, 7) is 3.17. The second kappa shape index (κ2) is 5.59. The number of phenols is 2. The highest BCUT2D eigenvalue weighted by Gasteiger charge is 2.50. The molecule has 28 heavy (non-hydrogen) atoms. The van der Waals surface area contributed by atoms with Gasteiger partial charge in [0, 0.05) is 28.7 Å².